The van der Waals surface area contributed by atoms with Crippen LogP contribution in [-0.4, -0.2) is 4.98 Å². The summed E-state index contributed by atoms with van der Waals surface area (Å²) in [6, 6.07) is 27.7. The Morgan fingerprint density at radius 1 is 0.652 bits per heavy atom. The fraction of sp³-hybridized carbons (Fsp3) is 0.0455. The molecule has 1 heterocycles. The molecule has 0 saturated heterocycles. The van der Waals surface area contributed by atoms with E-state index in [2.05, 4.69) is 84.7 Å². The summed E-state index contributed by atoms with van der Waals surface area (Å²) in [6.45, 7) is 2.13. The highest BCUT2D eigenvalue weighted by molar-refractivity contribution is 5.98. The first kappa shape index (κ1) is 13.7. The molecular weight excluding hydrogens is 278 g/mol. The summed E-state index contributed by atoms with van der Waals surface area (Å²) < 4.78 is 0. The molecule has 0 radical (unpaired) electrons. The average molecular weight is 295 g/mol. The number of pyridine rings is 1. The van der Waals surface area contributed by atoms with Gasteiger partial charge in [-0.2, -0.15) is 0 Å². The summed E-state index contributed by atoms with van der Waals surface area (Å²) >= 11 is 0. The zero-order valence-corrected chi connectivity index (χ0v) is 13.0. The number of benzene rings is 3. The van der Waals surface area contributed by atoms with Crippen molar-refractivity contribution in [3.63, 3.8) is 0 Å². The lowest BCUT2D eigenvalue weighted by atomic mass is 9.92. The SMILES string of the molecule is Cc1cccc(-c2ccccc2-c2cccc3cccnc23)c1. The van der Waals surface area contributed by atoms with Crippen LogP contribution in [0.3, 0.4) is 0 Å². The maximum absolute atomic E-state index is 4.61. The first-order valence-corrected chi connectivity index (χ1v) is 7.83. The summed E-state index contributed by atoms with van der Waals surface area (Å²) in [4.78, 5) is 4.61. The molecule has 1 heteroatoms. The third-order valence-corrected chi connectivity index (χ3v) is 4.18. The van der Waals surface area contributed by atoms with Gasteiger partial charge < -0.3 is 0 Å². The van der Waals surface area contributed by atoms with Gasteiger partial charge in [-0.15, -0.1) is 0 Å². The summed E-state index contributed by atoms with van der Waals surface area (Å²) in [7, 11) is 0. The maximum Gasteiger partial charge on any atom is 0.0780 e. The predicted octanol–water partition coefficient (Wildman–Crippen LogP) is 5.88. The van der Waals surface area contributed by atoms with E-state index in [1.807, 2.05) is 12.3 Å². The van der Waals surface area contributed by atoms with Crippen LogP contribution >= 0.6 is 0 Å². The molecule has 0 aliphatic heterocycles. The molecule has 0 N–H and O–H groups in total. The van der Waals surface area contributed by atoms with Gasteiger partial charge in [-0.25, -0.2) is 0 Å². The van der Waals surface area contributed by atoms with Crippen molar-refractivity contribution in [2.45, 2.75) is 6.92 Å². The van der Waals surface area contributed by atoms with E-state index in [-0.39, 0.29) is 0 Å². The first-order valence-electron chi connectivity index (χ1n) is 7.83. The molecule has 4 rings (SSSR count). The summed E-state index contributed by atoms with van der Waals surface area (Å²) in [5.74, 6) is 0. The van der Waals surface area contributed by atoms with Crippen LogP contribution in [0.25, 0.3) is 33.2 Å². The Bertz CT molecular complexity index is 980. The van der Waals surface area contributed by atoms with Crippen molar-refractivity contribution in [3.05, 3.63) is 90.6 Å². The summed E-state index contributed by atoms with van der Waals surface area (Å²) in [5, 5.41) is 1.17. The molecule has 0 unspecified atom stereocenters. The van der Waals surface area contributed by atoms with Crippen molar-refractivity contribution in [2.24, 2.45) is 0 Å². The van der Waals surface area contributed by atoms with E-state index in [9.17, 15) is 0 Å². The molecule has 23 heavy (non-hydrogen) atoms. The number of hydrogen-bond acceptors (Lipinski definition) is 1. The van der Waals surface area contributed by atoms with E-state index in [0.717, 1.165) is 5.52 Å². The van der Waals surface area contributed by atoms with Crippen molar-refractivity contribution in [3.8, 4) is 22.3 Å². The minimum Gasteiger partial charge on any atom is -0.256 e. The Balaban J connectivity index is 2.00. The normalized spacial score (nSPS) is 10.8. The van der Waals surface area contributed by atoms with E-state index in [1.54, 1.807) is 0 Å². The smallest absolute Gasteiger partial charge is 0.0780 e. The van der Waals surface area contributed by atoms with Crippen molar-refractivity contribution in [1.82, 2.24) is 4.98 Å². The summed E-state index contributed by atoms with van der Waals surface area (Å²) in [5.41, 5.74) is 7.22. The maximum atomic E-state index is 4.61. The average Bonchev–Trinajstić information content (AvgIpc) is 2.61. The Morgan fingerprint density at radius 3 is 2.26 bits per heavy atom. The topological polar surface area (TPSA) is 12.9 Å². The molecule has 4 aromatic rings. The van der Waals surface area contributed by atoms with Gasteiger partial charge in [-0.05, 0) is 29.7 Å². The Hall–Kier alpha value is -2.93. The molecule has 0 spiro atoms. The largest absolute Gasteiger partial charge is 0.256 e. The third kappa shape index (κ3) is 2.51. The van der Waals surface area contributed by atoms with E-state index in [4.69, 9.17) is 0 Å². The van der Waals surface area contributed by atoms with Gasteiger partial charge in [0.15, 0.2) is 0 Å². The number of nitrogens with zero attached hydrogens (tertiary/aromatic N) is 1. The fourth-order valence-corrected chi connectivity index (χ4v) is 3.10. The molecule has 0 bridgehead atoms. The van der Waals surface area contributed by atoms with Crippen molar-refractivity contribution in [2.75, 3.05) is 0 Å². The molecule has 1 nitrogen and oxygen atoms in total. The van der Waals surface area contributed by atoms with Gasteiger partial charge >= 0.3 is 0 Å². The molecule has 0 atom stereocenters. The molecule has 0 amide bonds. The fourth-order valence-electron chi connectivity index (χ4n) is 3.10. The van der Waals surface area contributed by atoms with Gasteiger partial charge in [0.2, 0.25) is 0 Å². The molecule has 1 aromatic heterocycles. The van der Waals surface area contributed by atoms with Crippen molar-refractivity contribution >= 4 is 10.9 Å². The highest BCUT2D eigenvalue weighted by Crippen LogP contribution is 2.35. The van der Waals surface area contributed by atoms with Crippen molar-refractivity contribution < 1.29 is 0 Å². The first-order chi connectivity index (χ1) is 11.3. The number of aromatic nitrogens is 1. The standard InChI is InChI=1S/C22H17N/c1-16-7-4-9-18(15-16)19-11-2-3-12-20(19)21-13-5-8-17-10-6-14-23-22(17)21/h2-15H,1H3. The molecule has 0 aliphatic carbocycles. The lowest BCUT2D eigenvalue weighted by Crippen LogP contribution is -1.88. The number of para-hydroxylation sites is 1. The van der Waals surface area contributed by atoms with Crippen LogP contribution in [0, 0.1) is 6.92 Å². The van der Waals surface area contributed by atoms with Gasteiger partial charge in [-0.1, -0.05) is 78.4 Å². The highest BCUT2D eigenvalue weighted by atomic mass is 14.6. The Morgan fingerprint density at radius 2 is 1.39 bits per heavy atom. The van der Waals surface area contributed by atoms with Crippen LogP contribution in [0.1, 0.15) is 5.56 Å². The second-order valence-corrected chi connectivity index (χ2v) is 5.80. The predicted molar refractivity (Wildman–Crippen MR) is 97.4 cm³/mol. The van der Waals surface area contributed by atoms with Crippen molar-refractivity contribution in [1.29, 1.82) is 0 Å². The van der Waals surface area contributed by atoms with Gasteiger partial charge in [-0.3, -0.25) is 4.98 Å². The number of rotatable bonds is 2. The Labute approximate surface area is 136 Å². The molecule has 0 saturated carbocycles. The number of hydrogen-bond donors (Lipinski definition) is 0. The summed E-state index contributed by atoms with van der Waals surface area (Å²) in [6.07, 6.45) is 1.86. The van der Waals surface area contributed by atoms with Crippen LogP contribution in [-0.2, 0) is 0 Å². The minimum absolute atomic E-state index is 1.05. The Kier molecular flexibility index (Phi) is 3.39. The minimum atomic E-state index is 1.05. The highest BCUT2D eigenvalue weighted by Gasteiger charge is 2.10. The van der Waals surface area contributed by atoms with Gasteiger partial charge in [0.05, 0.1) is 5.52 Å². The molecular formula is C22H17N. The molecule has 3 aromatic carbocycles. The van der Waals surface area contributed by atoms with E-state index in [1.165, 1.54) is 33.2 Å². The van der Waals surface area contributed by atoms with E-state index < -0.39 is 0 Å². The quantitative estimate of drug-likeness (QED) is 0.450. The lowest BCUT2D eigenvalue weighted by molar-refractivity contribution is 1.41. The third-order valence-electron chi connectivity index (χ3n) is 4.18. The van der Waals surface area contributed by atoms with Crippen LogP contribution in [0.15, 0.2) is 85.1 Å². The van der Waals surface area contributed by atoms with Crippen LogP contribution in [0.5, 0.6) is 0 Å². The zero-order valence-electron chi connectivity index (χ0n) is 13.0. The second-order valence-electron chi connectivity index (χ2n) is 5.80. The van der Waals surface area contributed by atoms with Crippen LogP contribution in [0.2, 0.25) is 0 Å². The van der Waals surface area contributed by atoms with Gasteiger partial charge in [0, 0.05) is 17.1 Å². The van der Waals surface area contributed by atoms with Crippen LogP contribution < -0.4 is 0 Å². The van der Waals surface area contributed by atoms with Gasteiger partial charge in [0.1, 0.15) is 0 Å². The molecule has 110 valence electrons. The zero-order chi connectivity index (χ0) is 15.6. The molecule has 0 aliphatic rings. The van der Waals surface area contributed by atoms with Gasteiger partial charge in [0.25, 0.3) is 0 Å². The van der Waals surface area contributed by atoms with E-state index >= 15 is 0 Å². The number of aryl methyl sites for hydroxylation is 1. The number of fused-ring (bicyclic) bond motifs is 1. The second kappa shape index (κ2) is 5.69. The lowest BCUT2D eigenvalue weighted by Gasteiger charge is -2.12. The monoisotopic (exact) mass is 295 g/mol. The van der Waals surface area contributed by atoms with Crippen LogP contribution in [0.4, 0.5) is 0 Å². The van der Waals surface area contributed by atoms with E-state index in [0.29, 0.717) is 0 Å². The molecule has 0 fully saturated rings.